The molecule has 9 nitrogen and oxygen atoms in total. The summed E-state index contributed by atoms with van der Waals surface area (Å²) in [5, 5.41) is 29.7. The molecule has 4 unspecified atom stereocenters. The van der Waals surface area contributed by atoms with Crippen LogP contribution in [-0.4, -0.2) is 58.5 Å². The van der Waals surface area contributed by atoms with Crippen molar-refractivity contribution in [3.63, 3.8) is 0 Å². The zero-order valence-corrected chi connectivity index (χ0v) is 24.5. The first-order chi connectivity index (χ1) is 20.0. The van der Waals surface area contributed by atoms with E-state index in [2.05, 4.69) is 16.0 Å². The topological polar surface area (TPSA) is 137 Å². The summed E-state index contributed by atoms with van der Waals surface area (Å²) in [7, 11) is 0. The van der Waals surface area contributed by atoms with Gasteiger partial charge in [-0.1, -0.05) is 98.8 Å². The van der Waals surface area contributed by atoms with Crippen LogP contribution in [0.15, 0.2) is 84.9 Å². The van der Waals surface area contributed by atoms with Gasteiger partial charge in [-0.25, -0.2) is 4.79 Å². The zero-order chi connectivity index (χ0) is 30.6. The van der Waals surface area contributed by atoms with E-state index in [9.17, 15) is 24.6 Å². The minimum Gasteiger partial charge on any atom is -0.436 e. The molecule has 0 saturated heterocycles. The van der Waals surface area contributed by atoms with Gasteiger partial charge in [0, 0.05) is 12.6 Å². The van der Waals surface area contributed by atoms with E-state index in [1.165, 1.54) is 0 Å². The Balaban J connectivity index is 1.75. The molecule has 0 heterocycles. The number of aliphatic hydroxyl groups excluding tert-OH is 2. The van der Waals surface area contributed by atoms with Crippen molar-refractivity contribution in [3.8, 4) is 11.1 Å². The van der Waals surface area contributed by atoms with Crippen molar-refractivity contribution in [1.82, 2.24) is 16.0 Å². The first-order valence-corrected chi connectivity index (χ1v) is 14.1. The summed E-state index contributed by atoms with van der Waals surface area (Å²) in [5.41, 5.74) is 3.66. The second-order valence-corrected chi connectivity index (χ2v) is 10.9. The molecule has 0 aliphatic carbocycles. The Bertz CT molecular complexity index is 1280. The van der Waals surface area contributed by atoms with Gasteiger partial charge in [0.1, 0.15) is 6.10 Å². The Labute approximate surface area is 247 Å². The predicted molar refractivity (Wildman–Crippen MR) is 161 cm³/mol. The van der Waals surface area contributed by atoms with Gasteiger partial charge in [-0.15, -0.1) is 0 Å². The number of carbonyl (C=O) groups excluding carboxylic acids is 3. The predicted octanol–water partition coefficient (Wildman–Crippen LogP) is 3.58. The third-order valence-corrected chi connectivity index (χ3v) is 6.66. The van der Waals surface area contributed by atoms with Crippen LogP contribution in [0.1, 0.15) is 38.8 Å². The maximum atomic E-state index is 13.4. The van der Waals surface area contributed by atoms with E-state index < -0.39 is 48.2 Å². The van der Waals surface area contributed by atoms with Gasteiger partial charge in [0.15, 0.2) is 12.2 Å². The number of nitrogens with one attached hydrogen (secondary N) is 3. The highest BCUT2D eigenvalue weighted by Gasteiger charge is 2.35. The lowest BCUT2D eigenvalue weighted by atomic mass is 9.95. The second kappa shape index (κ2) is 15.7. The number of carbonyl (C=O) groups is 3. The first-order valence-electron chi connectivity index (χ1n) is 14.1. The maximum absolute atomic E-state index is 13.4. The molecule has 0 saturated carbocycles. The number of amides is 3. The van der Waals surface area contributed by atoms with Crippen LogP contribution in [-0.2, 0) is 27.3 Å². The van der Waals surface area contributed by atoms with Gasteiger partial charge in [0.05, 0.1) is 6.04 Å². The van der Waals surface area contributed by atoms with E-state index in [4.69, 9.17) is 4.74 Å². The van der Waals surface area contributed by atoms with Crippen LogP contribution in [0.4, 0.5) is 4.79 Å². The molecule has 5 N–H and O–H groups in total. The summed E-state index contributed by atoms with van der Waals surface area (Å²) in [6, 6.07) is 25.4. The highest BCUT2D eigenvalue weighted by atomic mass is 16.6. The van der Waals surface area contributed by atoms with E-state index >= 15 is 0 Å². The molecule has 3 rings (SSSR count). The highest BCUT2D eigenvalue weighted by molar-refractivity contribution is 5.85. The number of rotatable bonds is 13. The molecule has 0 fully saturated rings. The molecule has 3 amide bonds. The average molecular weight is 576 g/mol. The lowest BCUT2D eigenvalue weighted by Crippen LogP contribution is -2.57. The molecule has 4 atom stereocenters. The standard InChI is InChI=1S/C33H41N3O6/c1-21(2)30(42-33(41)34-20-24-11-7-5-8-12-24)32(40)36-27(28(37)29(38)31(39)35-22(3)4)19-23-15-17-26(18-16-23)25-13-9-6-10-14-25/h5-18,21-22,27-30,37-38H,19-20H2,1-4H3,(H,34,41)(H,35,39)(H,36,40). The van der Waals surface area contributed by atoms with Crippen LogP contribution in [0.5, 0.6) is 0 Å². The maximum Gasteiger partial charge on any atom is 0.408 e. The van der Waals surface area contributed by atoms with Gasteiger partial charge in [-0.2, -0.15) is 0 Å². The minimum absolute atomic E-state index is 0.110. The van der Waals surface area contributed by atoms with Crippen LogP contribution in [0.2, 0.25) is 0 Å². The fourth-order valence-electron chi connectivity index (χ4n) is 4.40. The normalized spacial score (nSPS) is 14.0. The molecule has 0 bridgehead atoms. The van der Waals surface area contributed by atoms with Gasteiger partial charge >= 0.3 is 6.09 Å². The molecule has 224 valence electrons. The van der Waals surface area contributed by atoms with Gasteiger partial charge in [0.2, 0.25) is 0 Å². The Morgan fingerprint density at radius 2 is 1.29 bits per heavy atom. The van der Waals surface area contributed by atoms with Crippen molar-refractivity contribution in [1.29, 1.82) is 0 Å². The summed E-state index contributed by atoms with van der Waals surface area (Å²) < 4.78 is 5.47. The van der Waals surface area contributed by atoms with Gasteiger partial charge in [-0.05, 0) is 48.4 Å². The van der Waals surface area contributed by atoms with E-state index in [0.717, 1.165) is 22.3 Å². The number of ether oxygens (including phenoxy) is 1. The third kappa shape index (κ3) is 9.71. The van der Waals surface area contributed by atoms with Crippen LogP contribution < -0.4 is 16.0 Å². The Morgan fingerprint density at radius 1 is 0.714 bits per heavy atom. The molecule has 0 aliphatic heterocycles. The number of benzene rings is 3. The van der Waals surface area contributed by atoms with Crippen molar-refractivity contribution >= 4 is 17.9 Å². The molecule has 9 heteroatoms. The van der Waals surface area contributed by atoms with Crippen molar-refractivity contribution in [2.45, 2.75) is 71.1 Å². The smallest absolute Gasteiger partial charge is 0.408 e. The number of hydrogen-bond acceptors (Lipinski definition) is 6. The number of alkyl carbamates (subject to hydrolysis) is 1. The van der Waals surface area contributed by atoms with Crippen molar-refractivity contribution in [2.24, 2.45) is 5.92 Å². The SMILES string of the molecule is CC(C)NC(=O)C(O)C(O)C(Cc1ccc(-c2ccccc2)cc1)NC(=O)C(OC(=O)NCc1ccccc1)C(C)C. The fourth-order valence-corrected chi connectivity index (χ4v) is 4.40. The molecular weight excluding hydrogens is 534 g/mol. The summed E-state index contributed by atoms with van der Waals surface area (Å²) in [4.78, 5) is 38.4. The van der Waals surface area contributed by atoms with Crippen LogP contribution in [0.3, 0.4) is 0 Å². The second-order valence-electron chi connectivity index (χ2n) is 10.9. The average Bonchev–Trinajstić information content (AvgIpc) is 2.98. The van der Waals surface area contributed by atoms with E-state index in [0.29, 0.717) is 0 Å². The van der Waals surface area contributed by atoms with Crippen molar-refractivity contribution < 1.29 is 29.3 Å². The summed E-state index contributed by atoms with van der Waals surface area (Å²) in [6.45, 7) is 7.15. The molecule has 3 aromatic rings. The Kier molecular flexibility index (Phi) is 12.1. The molecule has 42 heavy (non-hydrogen) atoms. The molecule has 3 aromatic carbocycles. The van der Waals surface area contributed by atoms with E-state index in [1.807, 2.05) is 84.9 Å². The minimum atomic E-state index is -1.80. The molecule has 0 aromatic heterocycles. The van der Waals surface area contributed by atoms with Crippen molar-refractivity contribution in [2.75, 3.05) is 0 Å². The molecular formula is C33H41N3O6. The lowest BCUT2D eigenvalue weighted by Gasteiger charge is -2.30. The van der Waals surface area contributed by atoms with Gasteiger partial charge < -0.3 is 30.9 Å². The third-order valence-electron chi connectivity index (χ3n) is 6.66. The van der Waals surface area contributed by atoms with Crippen LogP contribution in [0.25, 0.3) is 11.1 Å². The summed E-state index contributed by atoms with van der Waals surface area (Å²) in [5.74, 6) is -1.81. The van der Waals surface area contributed by atoms with E-state index in [-0.39, 0.29) is 19.0 Å². The zero-order valence-electron chi connectivity index (χ0n) is 24.5. The molecule has 0 aliphatic rings. The number of hydrogen-bond donors (Lipinski definition) is 5. The largest absolute Gasteiger partial charge is 0.436 e. The quantitative estimate of drug-likeness (QED) is 0.211. The fraction of sp³-hybridized carbons (Fsp3) is 0.364. The first kappa shape index (κ1) is 32.3. The van der Waals surface area contributed by atoms with Gasteiger partial charge in [-0.3, -0.25) is 9.59 Å². The lowest BCUT2D eigenvalue weighted by molar-refractivity contribution is -0.140. The van der Waals surface area contributed by atoms with Crippen LogP contribution in [0, 0.1) is 5.92 Å². The highest BCUT2D eigenvalue weighted by Crippen LogP contribution is 2.21. The van der Waals surface area contributed by atoms with Crippen molar-refractivity contribution in [3.05, 3.63) is 96.1 Å². The number of aliphatic hydroxyl groups is 2. The Hall–Kier alpha value is -4.21. The molecule has 0 spiro atoms. The summed E-state index contributed by atoms with van der Waals surface area (Å²) in [6.07, 6.45) is -5.27. The Morgan fingerprint density at radius 3 is 1.86 bits per heavy atom. The van der Waals surface area contributed by atoms with E-state index in [1.54, 1.807) is 27.7 Å². The monoisotopic (exact) mass is 575 g/mol. The van der Waals surface area contributed by atoms with Crippen LogP contribution >= 0.6 is 0 Å². The molecule has 0 radical (unpaired) electrons. The van der Waals surface area contributed by atoms with Gasteiger partial charge in [0.25, 0.3) is 11.8 Å². The summed E-state index contributed by atoms with van der Waals surface area (Å²) >= 11 is 0.